The van der Waals surface area contributed by atoms with Crippen molar-refractivity contribution >= 4 is 39.4 Å². The average Bonchev–Trinajstić information content (AvgIpc) is 2.80. The summed E-state index contributed by atoms with van der Waals surface area (Å²) < 4.78 is 5.70. The second kappa shape index (κ2) is 5.90. The average molecular weight is 349 g/mol. The van der Waals surface area contributed by atoms with Crippen molar-refractivity contribution in [2.24, 2.45) is 5.92 Å². The lowest BCUT2D eigenvalue weighted by Gasteiger charge is -2.15. The highest BCUT2D eigenvalue weighted by molar-refractivity contribution is 9.10. The third-order valence-corrected chi connectivity index (χ3v) is 4.11. The van der Waals surface area contributed by atoms with Gasteiger partial charge in [0.15, 0.2) is 0 Å². The van der Waals surface area contributed by atoms with Crippen LogP contribution in [0.4, 0.5) is 0 Å². The predicted molar refractivity (Wildman–Crippen MR) is 72.4 cm³/mol. The summed E-state index contributed by atoms with van der Waals surface area (Å²) in [6.07, 6.45) is 0. The molecule has 1 aliphatic heterocycles. The topological polar surface area (TPSA) is 75.6 Å². The number of nitrogens with one attached hydrogen (secondary N) is 1. The Kier molecular flexibility index (Phi) is 4.44. The monoisotopic (exact) mass is 347 g/mol. The highest BCUT2D eigenvalue weighted by Gasteiger charge is 2.35. The van der Waals surface area contributed by atoms with Crippen LogP contribution >= 0.6 is 27.5 Å². The van der Waals surface area contributed by atoms with E-state index in [1.165, 1.54) is 0 Å². The number of rotatable bonds is 3. The van der Waals surface area contributed by atoms with Crippen molar-refractivity contribution in [2.45, 2.75) is 6.04 Å². The highest BCUT2D eigenvalue weighted by atomic mass is 79.9. The van der Waals surface area contributed by atoms with E-state index in [9.17, 15) is 9.59 Å². The van der Waals surface area contributed by atoms with Gasteiger partial charge in [-0.25, -0.2) is 0 Å². The number of halogens is 2. The fourth-order valence-electron chi connectivity index (χ4n) is 1.83. The van der Waals surface area contributed by atoms with Crippen LogP contribution in [0.1, 0.15) is 10.4 Å². The molecule has 1 amide bonds. The molecule has 0 aromatic heterocycles. The third kappa shape index (κ3) is 3.26. The van der Waals surface area contributed by atoms with Crippen molar-refractivity contribution < 1.29 is 19.4 Å². The van der Waals surface area contributed by atoms with Crippen LogP contribution < -0.4 is 5.32 Å². The molecular formula is C12H11BrClNO4. The Morgan fingerprint density at radius 3 is 2.79 bits per heavy atom. The number of benzene rings is 1. The van der Waals surface area contributed by atoms with E-state index in [4.69, 9.17) is 21.4 Å². The second-order valence-electron chi connectivity index (χ2n) is 4.19. The zero-order valence-electron chi connectivity index (χ0n) is 9.73. The van der Waals surface area contributed by atoms with Gasteiger partial charge in [-0.2, -0.15) is 0 Å². The van der Waals surface area contributed by atoms with Gasteiger partial charge in [-0.3, -0.25) is 9.59 Å². The van der Waals surface area contributed by atoms with Crippen molar-refractivity contribution in [3.63, 3.8) is 0 Å². The summed E-state index contributed by atoms with van der Waals surface area (Å²) >= 11 is 9.08. The van der Waals surface area contributed by atoms with E-state index >= 15 is 0 Å². The lowest BCUT2D eigenvalue weighted by atomic mass is 10.0. The largest absolute Gasteiger partial charge is 0.481 e. The zero-order chi connectivity index (χ0) is 14.0. The molecule has 1 saturated heterocycles. The van der Waals surface area contributed by atoms with Gasteiger partial charge in [0.2, 0.25) is 0 Å². The van der Waals surface area contributed by atoms with Gasteiger partial charge in [-0.1, -0.05) is 11.6 Å². The maximum Gasteiger partial charge on any atom is 0.311 e. The number of hydrogen-bond acceptors (Lipinski definition) is 3. The standard InChI is InChI=1S/C12H11BrClNO4/c13-8-3-6(1-2-9(8)14)11(16)15-10-5-19-4-7(10)12(17)18/h1-3,7,10H,4-5H2,(H,15,16)(H,17,18). The minimum Gasteiger partial charge on any atom is -0.481 e. The molecule has 1 heterocycles. The molecule has 1 aromatic carbocycles. The summed E-state index contributed by atoms with van der Waals surface area (Å²) in [5.74, 6) is -2.03. The summed E-state index contributed by atoms with van der Waals surface area (Å²) in [5.41, 5.74) is 0.410. The maximum atomic E-state index is 12.0. The molecule has 0 aliphatic carbocycles. The van der Waals surface area contributed by atoms with E-state index in [1.807, 2.05) is 0 Å². The molecule has 7 heteroatoms. The minimum absolute atomic E-state index is 0.116. The summed E-state index contributed by atoms with van der Waals surface area (Å²) in [4.78, 5) is 23.0. The number of carbonyl (C=O) groups excluding carboxylic acids is 1. The Morgan fingerprint density at radius 1 is 1.42 bits per heavy atom. The van der Waals surface area contributed by atoms with Gasteiger partial charge >= 0.3 is 5.97 Å². The van der Waals surface area contributed by atoms with Crippen LogP contribution in [0.5, 0.6) is 0 Å². The smallest absolute Gasteiger partial charge is 0.311 e. The number of carboxylic acids is 1. The van der Waals surface area contributed by atoms with Gasteiger partial charge in [-0.15, -0.1) is 0 Å². The molecule has 1 aromatic rings. The van der Waals surface area contributed by atoms with Crippen LogP contribution in [0.2, 0.25) is 5.02 Å². The number of hydrogen-bond donors (Lipinski definition) is 2. The van der Waals surface area contributed by atoms with Crippen LogP contribution in [0.25, 0.3) is 0 Å². The lowest BCUT2D eigenvalue weighted by molar-refractivity contribution is -0.142. The predicted octanol–water partition coefficient (Wildman–Crippen LogP) is 1.93. The Hall–Kier alpha value is -1.11. The molecule has 1 fully saturated rings. The van der Waals surface area contributed by atoms with E-state index in [0.29, 0.717) is 15.1 Å². The second-order valence-corrected chi connectivity index (χ2v) is 5.45. The third-order valence-electron chi connectivity index (χ3n) is 2.90. The highest BCUT2D eigenvalue weighted by Crippen LogP contribution is 2.23. The normalized spacial score (nSPS) is 22.2. The summed E-state index contributed by atoms with van der Waals surface area (Å²) in [6, 6.07) is 4.25. The number of ether oxygens (including phenoxy) is 1. The number of carbonyl (C=O) groups is 2. The van der Waals surface area contributed by atoms with E-state index < -0.39 is 17.9 Å². The van der Waals surface area contributed by atoms with Crippen LogP contribution in [0.15, 0.2) is 22.7 Å². The quantitative estimate of drug-likeness (QED) is 0.875. The van der Waals surface area contributed by atoms with Crippen molar-refractivity contribution in [3.05, 3.63) is 33.3 Å². The van der Waals surface area contributed by atoms with Gasteiger partial charge in [0.1, 0.15) is 5.92 Å². The molecule has 0 saturated carbocycles. The van der Waals surface area contributed by atoms with E-state index in [2.05, 4.69) is 21.2 Å². The van der Waals surface area contributed by atoms with Crippen LogP contribution in [0, 0.1) is 5.92 Å². The Morgan fingerprint density at radius 2 is 2.16 bits per heavy atom. The summed E-state index contributed by atoms with van der Waals surface area (Å²) in [5, 5.41) is 12.2. The van der Waals surface area contributed by atoms with Gasteiger partial charge < -0.3 is 15.2 Å². The van der Waals surface area contributed by atoms with Gasteiger partial charge in [0, 0.05) is 10.0 Å². The Bertz CT molecular complexity index is 522. The Labute approximate surface area is 123 Å². The molecule has 0 spiro atoms. The van der Waals surface area contributed by atoms with Gasteiger partial charge in [0.05, 0.1) is 24.3 Å². The summed E-state index contributed by atoms with van der Waals surface area (Å²) in [6.45, 7) is 0.321. The fourth-order valence-corrected chi connectivity index (χ4v) is 2.33. The van der Waals surface area contributed by atoms with E-state index in [1.54, 1.807) is 18.2 Å². The first-order chi connectivity index (χ1) is 8.99. The van der Waals surface area contributed by atoms with Crippen LogP contribution in [0.3, 0.4) is 0 Å². The van der Waals surface area contributed by atoms with Crippen molar-refractivity contribution in [3.8, 4) is 0 Å². The van der Waals surface area contributed by atoms with Crippen molar-refractivity contribution in [2.75, 3.05) is 13.2 Å². The van der Waals surface area contributed by atoms with Crippen molar-refractivity contribution in [1.29, 1.82) is 0 Å². The van der Waals surface area contributed by atoms with Crippen LogP contribution in [-0.4, -0.2) is 36.2 Å². The first-order valence-corrected chi connectivity index (χ1v) is 6.72. The van der Waals surface area contributed by atoms with Crippen LogP contribution in [-0.2, 0) is 9.53 Å². The molecular weight excluding hydrogens is 337 g/mol. The molecule has 0 radical (unpaired) electrons. The number of aliphatic carboxylic acids is 1. The maximum absolute atomic E-state index is 12.0. The molecule has 2 unspecified atom stereocenters. The molecule has 2 N–H and O–H groups in total. The van der Waals surface area contributed by atoms with E-state index in [0.717, 1.165) is 0 Å². The minimum atomic E-state index is -0.972. The molecule has 19 heavy (non-hydrogen) atoms. The molecule has 0 bridgehead atoms. The molecule has 102 valence electrons. The number of carboxylic acid groups (broad SMARTS) is 1. The first-order valence-electron chi connectivity index (χ1n) is 5.55. The molecule has 2 atom stereocenters. The molecule has 1 aliphatic rings. The molecule has 5 nitrogen and oxygen atoms in total. The fraction of sp³-hybridized carbons (Fsp3) is 0.333. The van der Waals surface area contributed by atoms with Crippen molar-refractivity contribution in [1.82, 2.24) is 5.32 Å². The summed E-state index contributed by atoms with van der Waals surface area (Å²) in [7, 11) is 0. The van der Waals surface area contributed by atoms with E-state index in [-0.39, 0.29) is 19.1 Å². The lowest BCUT2D eigenvalue weighted by Crippen LogP contribution is -2.42. The Balaban J connectivity index is 2.08. The zero-order valence-corrected chi connectivity index (χ0v) is 12.1. The molecule has 2 rings (SSSR count). The van der Waals surface area contributed by atoms with Gasteiger partial charge in [0.25, 0.3) is 5.91 Å². The number of amides is 1. The first kappa shape index (κ1) is 14.3. The van der Waals surface area contributed by atoms with Gasteiger partial charge in [-0.05, 0) is 34.1 Å². The SMILES string of the molecule is O=C(NC1COCC1C(=O)O)c1ccc(Cl)c(Br)c1.